The van der Waals surface area contributed by atoms with Gasteiger partial charge in [-0.1, -0.05) is 30.3 Å². The fourth-order valence-corrected chi connectivity index (χ4v) is 3.49. The topological polar surface area (TPSA) is 41.5 Å². The van der Waals surface area contributed by atoms with Gasteiger partial charge in [-0.3, -0.25) is 4.90 Å². The molecule has 2 fully saturated rings. The van der Waals surface area contributed by atoms with Crippen molar-refractivity contribution >= 4 is 5.95 Å². The van der Waals surface area contributed by atoms with Gasteiger partial charge >= 0.3 is 0 Å². The van der Waals surface area contributed by atoms with Crippen LogP contribution in [0.15, 0.2) is 42.7 Å². The van der Waals surface area contributed by atoms with Gasteiger partial charge in [0.15, 0.2) is 0 Å². The van der Waals surface area contributed by atoms with Crippen molar-refractivity contribution in [2.24, 2.45) is 5.92 Å². The monoisotopic (exact) mass is 338 g/mol. The van der Waals surface area contributed by atoms with Gasteiger partial charge in [0.25, 0.3) is 0 Å². The maximum absolute atomic E-state index is 6.44. The Bertz CT molecular complexity index is 685. The molecule has 2 aliphatic rings. The van der Waals surface area contributed by atoms with Crippen LogP contribution >= 0.6 is 0 Å². The summed E-state index contributed by atoms with van der Waals surface area (Å²) < 4.78 is 6.44. The maximum atomic E-state index is 6.44. The fraction of sp³-hybridized carbons (Fsp3) is 0.500. The van der Waals surface area contributed by atoms with Crippen LogP contribution in [0, 0.1) is 5.92 Å². The largest absolute Gasteiger partial charge is 0.367 e. The Kier molecular flexibility index (Phi) is 4.68. The molecule has 2 aromatic rings. The molecule has 0 amide bonds. The second kappa shape index (κ2) is 7.10. The third kappa shape index (κ3) is 3.99. The van der Waals surface area contributed by atoms with E-state index in [1.807, 2.05) is 31.4 Å². The third-order valence-electron chi connectivity index (χ3n) is 5.02. The van der Waals surface area contributed by atoms with Gasteiger partial charge in [0, 0.05) is 51.7 Å². The van der Waals surface area contributed by atoms with E-state index in [1.54, 1.807) is 0 Å². The highest BCUT2D eigenvalue weighted by molar-refractivity contribution is 5.26. The summed E-state index contributed by atoms with van der Waals surface area (Å²) in [5.74, 6) is 1.49. The summed E-state index contributed by atoms with van der Waals surface area (Å²) in [6, 6.07) is 10.6. The first-order valence-electron chi connectivity index (χ1n) is 9.10. The van der Waals surface area contributed by atoms with Crippen LogP contribution in [0.2, 0.25) is 0 Å². The SMILES string of the molecule is CN(C)c1ncc(CN2C[C@@H](c3ccccc3)O[C@@H](C3CC3)C2)cn1. The first-order valence-corrected chi connectivity index (χ1v) is 9.10. The van der Waals surface area contributed by atoms with Crippen LogP contribution in [-0.4, -0.2) is 48.2 Å². The Morgan fingerprint density at radius 2 is 1.80 bits per heavy atom. The Hall–Kier alpha value is -1.98. The second-order valence-corrected chi connectivity index (χ2v) is 7.39. The summed E-state index contributed by atoms with van der Waals surface area (Å²) in [6.45, 7) is 2.80. The lowest BCUT2D eigenvalue weighted by atomic mass is 10.0. The average molecular weight is 338 g/mol. The first kappa shape index (κ1) is 16.5. The number of hydrogen-bond acceptors (Lipinski definition) is 5. The number of ether oxygens (including phenoxy) is 1. The minimum Gasteiger partial charge on any atom is -0.367 e. The molecule has 25 heavy (non-hydrogen) atoms. The molecule has 1 saturated heterocycles. The molecule has 2 atom stereocenters. The molecule has 5 heteroatoms. The molecule has 1 saturated carbocycles. The van der Waals surface area contributed by atoms with E-state index in [9.17, 15) is 0 Å². The summed E-state index contributed by atoms with van der Waals surface area (Å²) in [5.41, 5.74) is 2.44. The summed E-state index contributed by atoms with van der Waals surface area (Å²) in [5, 5.41) is 0. The molecular formula is C20H26N4O. The fourth-order valence-electron chi connectivity index (χ4n) is 3.49. The molecule has 0 spiro atoms. The second-order valence-electron chi connectivity index (χ2n) is 7.39. The molecule has 0 radical (unpaired) electrons. The van der Waals surface area contributed by atoms with E-state index in [4.69, 9.17) is 4.74 Å². The number of nitrogens with zero attached hydrogens (tertiary/aromatic N) is 4. The van der Waals surface area contributed by atoms with Crippen molar-refractivity contribution in [3.63, 3.8) is 0 Å². The van der Waals surface area contributed by atoms with Crippen LogP contribution in [0.1, 0.15) is 30.1 Å². The van der Waals surface area contributed by atoms with E-state index in [-0.39, 0.29) is 6.10 Å². The number of hydrogen-bond donors (Lipinski definition) is 0. The Morgan fingerprint density at radius 3 is 2.44 bits per heavy atom. The molecule has 0 N–H and O–H groups in total. The van der Waals surface area contributed by atoms with Crippen molar-refractivity contribution in [3.8, 4) is 0 Å². The highest BCUT2D eigenvalue weighted by Gasteiger charge is 2.38. The Labute approximate surface area is 149 Å². The van der Waals surface area contributed by atoms with Crippen LogP contribution in [-0.2, 0) is 11.3 Å². The molecule has 0 bridgehead atoms. The van der Waals surface area contributed by atoms with E-state index in [0.29, 0.717) is 6.10 Å². The lowest BCUT2D eigenvalue weighted by Crippen LogP contribution is -2.44. The average Bonchev–Trinajstić information content (AvgIpc) is 3.48. The van der Waals surface area contributed by atoms with Crippen molar-refractivity contribution in [3.05, 3.63) is 53.9 Å². The molecule has 1 aromatic heterocycles. The lowest BCUT2D eigenvalue weighted by molar-refractivity contribution is -0.0986. The Morgan fingerprint density at radius 1 is 1.08 bits per heavy atom. The predicted octanol–water partition coefficient (Wildman–Crippen LogP) is 2.89. The molecular weight excluding hydrogens is 312 g/mol. The quantitative estimate of drug-likeness (QED) is 0.838. The Balaban J connectivity index is 1.47. The zero-order valence-corrected chi connectivity index (χ0v) is 15.0. The van der Waals surface area contributed by atoms with Crippen molar-refractivity contribution in [2.75, 3.05) is 32.1 Å². The van der Waals surface area contributed by atoms with E-state index >= 15 is 0 Å². The van der Waals surface area contributed by atoms with Crippen molar-refractivity contribution in [1.82, 2.24) is 14.9 Å². The van der Waals surface area contributed by atoms with E-state index in [1.165, 1.54) is 18.4 Å². The van der Waals surface area contributed by atoms with Crippen molar-refractivity contribution in [2.45, 2.75) is 31.6 Å². The normalized spacial score (nSPS) is 24.2. The molecule has 1 aliphatic carbocycles. The maximum Gasteiger partial charge on any atom is 0.224 e. The van der Waals surface area contributed by atoms with E-state index < -0.39 is 0 Å². The standard InChI is InChI=1S/C20H26N4O/c1-23(2)20-21-10-15(11-22-20)12-24-13-18(16-6-4-3-5-7-16)25-19(14-24)17-8-9-17/h3-7,10-11,17-19H,8-9,12-14H2,1-2H3/t18-,19+/m0/s1. The first-order chi connectivity index (χ1) is 12.2. The van der Waals surface area contributed by atoms with Crippen LogP contribution in [0.4, 0.5) is 5.95 Å². The minimum absolute atomic E-state index is 0.155. The van der Waals surface area contributed by atoms with Crippen molar-refractivity contribution < 1.29 is 4.74 Å². The number of benzene rings is 1. The molecule has 132 valence electrons. The van der Waals surface area contributed by atoms with Gasteiger partial charge in [-0.25, -0.2) is 9.97 Å². The molecule has 4 rings (SSSR count). The summed E-state index contributed by atoms with van der Waals surface area (Å²) in [6.07, 6.45) is 7.01. The van der Waals surface area contributed by atoms with Gasteiger partial charge < -0.3 is 9.64 Å². The molecule has 1 aliphatic heterocycles. The number of aromatic nitrogens is 2. The van der Waals surface area contributed by atoms with Crippen molar-refractivity contribution in [1.29, 1.82) is 0 Å². The number of morpholine rings is 1. The molecule has 2 heterocycles. The van der Waals surface area contributed by atoms with Crippen LogP contribution < -0.4 is 4.90 Å². The minimum atomic E-state index is 0.155. The molecule has 0 unspecified atom stereocenters. The zero-order chi connectivity index (χ0) is 17.2. The molecule has 5 nitrogen and oxygen atoms in total. The van der Waals surface area contributed by atoms with Gasteiger partial charge in [0.05, 0.1) is 12.2 Å². The van der Waals surface area contributed by atoms with E-state index in [0.717, 1.165) is 37.1 Å². The lowest BCUT2D eigenvalue weighted by Gasteiger charge is -2.38. The van der Waals surface area contributed by atoms with Crippen LogP contribution in [0.3, 0.4) is 0 Å². The number of anilines is 1. The number of rotatable bonds is 5. The predicted molar refractivity (Wildman–Crippen MR) is 98.4 cm³/mol. The van der Waals surface area contributed by atoms with E-state index in [2.05, 4.69) is 45.2 Å². The third-order valence-corrected chi connectivity index (χ3v) is 5.02. The summed E-state index contributed by atoms with van der Waals surface area (Å²) in [4.78, 5) is 13.3. The van der Waals surface area contributed by atoms with Gasteiger partial charge in [-0.05, 0) is 24.3 Å². The highest BCUT2D eigenvalue weighted by Crippen LogP contribution is 2.39. The summed E-state index contributed by atoms with van der Waals surface area (Å²) >= 11 is 0. The molecule has 1 aromatic carbocycles. The van der Waals surface area contributed by atoms with Gasteiger partial charge in [-0.2, -0.15) is 0 Å². The van der Waals surface area contributed by atoms with Gasteiger partial charge in [0.2, 0.25) is 5.95 Å². The van der Waals surface area contributed by atoms with Crippen LogP contribution in [0.25, 0.3) is 0 Å². The van der Waals surface area contributed by atoms with Gasteiger partial charge in [-0.15, -0.1) is 0 Å². The highest BCUT2D eigenvalue weighted by atomic mass is 16.5. The smallest absolute Gasteiger partial charge is 0.224 e. The zero-order valence-electron chi connectivity index (χ0n) is 15.0. The summed E-state index contributed by atoms with van der Waals surface area (Å²) in [7, 11) is 3.92. The van der Waals surface area contributed by atoms with Gasteiger partial charge in [0.1, 0.15) is 0 Å². The van der Waals surface area contributed by atoms with Crippen LogP contribution in [0.5, 0.6) is 0 Å².